The molecule has 1 amide bonds. The molecule has 0 spiro atoms. The van der Waals surface area contributed by atoms with Crippen LogP contribution in [0.2, 0.25) is 0 Å². The van der Waals surface area contributed by atoms with Gasteiger partial charge in [0.1, 0.15) is 16.9 Å². The van der Waals surface area contributed by atoms with Crippen molar-refractivity contribution in [3.05, 3.63) is 57.7 Å². The van der Waals surface area contributed by atoms with E-state index in [2.05, 4.69) is 50.4 Å². The molecule has 5 rings (SSSR count). The van der Waals surface area contributed by atoms with E-state index in [1.807, 2.05) is 6.07 Å². The summed E-state index contributed by atoms with van der Waals surface area (Å²) in [6.45, 7) is 0. The molecule has 1 fully saturated rings. The molecule has 0 radical (unpaired) electrons. The first kappa shape index (κ1) is 23.1. The van der Waals surface area contributed by atoms with Crippen LogP contribution < -0.4 is 5.32 Å². The second-order valence-corrected chi connectivity index (χ2v) is 11.1. The topological polar surface area (TPSA) is 83.6 Å². The van der Waals surface area contributed by atoms with E-state index in [1.54, 1.807) is 11.3 Å². The summed E-state index contributed by atoms with van der Waals surface area (Å²) in [6.07, 6.45) is 10.9. The lowest BCUT2D eigenvalue weighted by molar-refractivity contribution is -0.113. The van der Waals surface area contributed by atoms with E-state index in [0.717, 1.165) is 61.5 Å². The SMILES string of the molecule is N#Cc1c(NC(=O)CSc2nnc(Cc3ccccc3)n2C2CCCCC2)sc2c1CCCC2. The average molecular weight is 492 g/mol. The van der Waals surface area contributed by atoms with Gasteiger partial charge in [-0.3, -0.25) is 4.79 Å². The first-order valence-electron chi connectivity index (χ1n) is 12.2. The highest BCUT2D eigenvalue weighted by Gasteiger charge is 2.25. The van der Waals surface area contributed by atoms with E-state index in [0.29, 0.717) is 16.6 Å². The molecule has 34 heavy (non-hydrogen) atoms. The van der Waals surface area contributed by atoms with Gasteiger partial charge in [-0.25, -0.2) is 0 Å². The van der Waals surface area contributed by atoms with Crippen LogP contribution in [0.25, 0.3) is 0 Å². The molecule has 1 N–H and O–H groups in total. The van der Waals surface area contributed by atoms with Gasteiger partial charge in [0.2, 0.25) is 5.91 Å². The number of aromatic nitrogens is 3. The Kier molecular flexibility index (Phi) is 7.31. The Morgan fingerprint density at radius 3 is 2.71 bits per heavy atom. The fourth-order valence-electron chi connectivity index (χ4n) is 5.08. The van der Waals surface area contributed by atoms with Gasteiger partial charge in [0.25, 0.3) is 0 Å². The molecular weight excluding hydrogens is 462 g/mol. The van der Waals surface area contributed by atoms with Gasteiger partial charge in [0.15, 0.2) is 5.16 Å². The molecule has 0 bridgehead atoms. The zero-order valence-corrected chi connectivity index (χ0v) is 20.9. The Hall–Kier alpha value is -2.63. The van der Waals surface area contributed by atoms with E-state index in [4.69, 9.17) is 0 Å². The Morgan fingerprint density at radius 2 is 1.91 bits per heavy atom. The molecule has 2 aliphatic rings. The van der Waals surface area contributed by atoms with Gasteiger partial charge < -0.3 is 9.88 Å². The van der Waals surface area contributed by atoms with Crippen molar-refractivity contribution < 1.29 is 4.79 Å². The molecule has 176 valence electrons. The normalized spacial score (nSPS) is 16.1. The van der Waals surface area contributed by atoms with Crippen LogP contribution in [0.4, 0.5) is 5.00 Å². The Morgan fingerprint density at radius 1 is 1.12 bits per heavy atom. The van der Waals surface area contributed by atoms with Gasteiger partial charge in [-0.2, -0.15) is 5.26 Å². The molecule has 2 heterocycles. The van der Waals surface area contributed by atoms with Gasteiger partial charge in [0.05, 0.1) is 11.3 Å². The van der Waals surface area contributed by atoms with Crippen LogP contribution in [0.3, 0.4) is 0 Å². The fourth-order valence-corrected chi connectivity index (χ4v) is 7.16. The van der Waals surface area contributed by atoms with E-state index in [9.17, 15) is 10.1 Å². The molecule has 2 aromatic heterocycles. The number of hydrogen-bond donors (Lipinski definition) is 1. The summed E-state index contributed by atoms with van der Waals surface area (Å²) in [5.74, 6) is 1.13. The van der Waals surface area contributed by atoms with Crippen molar-refractivity contribution in [1.82, 2.24) is 14.8 Å². The minimum absolute atomic E-state index is 0.0945. The van der Waals surface area contributed by atoms with Crippen molar-refractivity contribution in [2.45, 2.75) is 75.4 Å². The summed E-state index contributed by atoms with van der Waals surface area (Å²) >= 11 is 3.02. The summed E-state index contributed by atoms with van der Waals surface area (Å²) in [4.78, 5) is 14.1. The lowest BCUT2D eigenvalue weighted by Gasteiger charge is -2.25. The van der Waals surface area contributed by atoms with Gasteiger partial charge in [-0.1, -0.05) is 61.4 Å². The van der Waals surface area contributed by atoms with Crippen LogP contribution in [0.5, 0.6) is 0 Å². The molecule has 0 saturated heterocycles. The number of thioether (sulfide) groups is 1. The van der Waals surface area contributed by atoms with Crippen molar-refractivity contribution in [3.8, 4) is 6.07 Å². The maximum Gasteiger partial charge on any atom is 0.235 e. The fraction of sp³-hybridized carbons (Fsp3) is 0.462. The number of nitrogens with one attached hydrogen (secondary N) is 1. The number of nitriles is 1. The monoisotopic (exact) mass is 491 g/mol. The highest BCUT2D eigenvalue weighted by atomic mass is 32.2. The van der Waals surface area contributed by atoms with Gasteiger partial charge in [-0.05, 0) is 49.7 Å². The Balaban J connectivity index is 1.31. The van der Waals surface area contributed by atoms with Crippen LogP contribution in [0.15, 0.2) is 35.5 Å². The second-order valence-electron chi connectivity index (χ2n) is 9.09. The van der Waals surface area contributed by atoms with Crippen LogP contribution in [-0.4, -0.2) is 26.4 Å². The van der Waals surface area contributed by atoms with Crippen LogP contribution >= 0.6 is 23.1 Å². The van der Waals surface area contributed by atoms with Gasteiger partial charge in [-0.15, -0.1) is 21.5 Å². The molecule has 6 nitrogen and oxygen atoms in total. The van der Waals surface area contributed by atoms with Crippen molar-refractivity contribution in [2.75, 3.05) is 11.1 Å². The number of anilines is 1. The number of amides is 1. The van der Waals surface area contributed by atoms with E-state index in [-0.39, 0.29) is 11.7 Å². The van der Waals surface area contributed by atoms with Crippen LogP contribution in [0.1, 0.15) is 78.4 Å². The largest absolute Gasteiger partial charge is 0.316 e. The molecule has 2 aliphatic carbocycles. The summed E-state index contributed by atoms with van der Waals surface area (Å²) < 4.78 is 2.29. The van der Waals surface area contributed by atoms with Gasteiger partial charge >= 0.3 is 0 Å². The van der Waals surface area contributed by atoms with E-state index in [1.165, 1.54) is 41.5 Å². The number of thiophene rings is 1. The van der Waals surface area contributed by atoms with Gasteiger partial charge in [0, 0.05) is 17.3 Å². The molecule has 0 aliphatic heterocycles. The Bertz CT molecular complexity index is 1190. The maximum atomic E-state index is 12.9. The number of fused-ring (bicyclic) bond motifs is 1. The number of aryl methyl sites for hydroxylation is 1. The quantitative estimate of drug-likeness (QED) is 0.415. The van der Waals surface area contributed by atoms with Crippen LogP contribution in [0, 0.1) is 11.3 Å². The maximum absolute atomic E-state index is 12.9. The minimum atomic E-state index is -0.0945. The predicted octanol–water partition coefficient (Wildman–Crippen LogP) is 5.92. The molecule has 8 heteroatoms. The molecule has 3 aromatic rings. The molecule has 0 unspecified atom stereocenters. The average Bonchev–Trinajstić information content (AvgIpc) is 3.44. The summed E-state index contributed by atoms with van der Waals surface area (Å²) in [6, 6.07) is 13.1. The lowest BCUT2D eigenvalue weighted by Crippen LogP contribution is -2.18. The van der Waals surface area contributed by atoms with Crippen molar-refractivity contribution in [3.63, 3.8) is 0 Å². The van der Waals surface area contributed by atoms with Crippen molar-refractivity contribution >= 4 is 34.0 Å². The smallest absolute Gasteiger partial charge is 0.235 e. The number of nitrogens with zero attached hydrogens (tertiary/aromatic N) is 4. The molecule has 1 saturated carbocycles. The minimum Gasteiger partial charge on any atom is -0.316 e. The highest BCUT2D eigenvalue weighted by molar-refractivity contribution is 7.99. The summed E-state index contributed by atoms with van der Waals surface area (Å²) in [5, 5.41) is 23.2. The summed E-state index contributed by atoms with van der Waals surface area (Å²) in [5.41, 5.74) is 3.02. The number of rotatable bonds is 7. The number of benzene rings is 1. The first-order valence-corrected chi connectivity index (χ1v) is 14.0. The molecule has 0 atom stereocenters. The molecule has 1 aromatic carbocycles. The molecular formula is C26H29N5OS2. The van der Waals surface area contributed by atoms with Crippen molar-refractivity contribution in [1.29, 1.82) is 5.26 Å². The third kappa shape index (κ3) is 5.06. The standard InChI is InChI=1S/C26H29N5OS2/c27-16-21-20-13-7-8-14-22(20)34-25(21)28-24(32)17-33-26-30-29-23(15-18-9-3-1-4-10-18)31(26)19-11-5-2-6-12-19/h1,3-4,9-10,19H,2,5-8,11-15,17H2,(H,28,32). The number of hydrogen-bond acceptors (Lipinski definition) is 6. The van der Waals surface area contributed by atoms with E-state index < -0.39 is 0 Å². The Labute approximate surface area is 208 Å². The zero-order valence-electron chi connectivity index (χ0n) is 19.3. The predicted molar refractivity (Wildman–Crippen MR) is 136 cm³/mol. The third-order valence-corrected chi connectivity index (χ3v) is 8.90. The number of carbonyl (C=O) groups is 1. The lowest BCUT2D eigenvalue weighted by atomic mass is 9.95. The summed E-state index contributed by atoms with van der Waals surface area (Å²) in [7, 11) is 0. The highest BCUT2D eigenvalue weighted by Crippen LogP contribution is 2.38. The van der Waals surface area contributed by atoms with Crippen molar-refractivity contribution in [2.24, 2.45) is 0 Å². The zero-order chi connectivity index (χ0) is 23.3. The number of carbonyl (C=O) groups excluding carboxylic acids is 1. The third-order valence-electron chi connectivity index (χ3n) is 6.75. The van der Waals surface area contributed by atoms with Crippen LogP contribution in [-0.2, 0) is 24.1 Å². The van der Waals surface area contributed by atoms with E-state index >= 15 is 0 Å². The first-order chi connectivity index (χ1) is 16.7. The second kappa shape index (κ2) is 10.7.